The van der Waals surface area contributed by atoms with E-state index in [1.807, 2.05) is 0 Å². The maximum Gasteiger partial charge on any atom is 0.361 e. The summed E-state index contributed by atoms with van der Waals surface area (Å²) in [7, 11) is -4.02. The van der Waals surface area contributed by atoms with Crippen LogP contribution in [0, 0.1) is 0 Å². The van der Waals surface area contributed by atoms with Gasteiger partial charge in [-0.3, -0.25) is 28.6 Å². The molecule has 286 valence electrons. The van der Waals surface area contributed by atoms with Crippen molar-refractivity contribution < 1.29 is 55.9 Å². The Kier molecular flexibility index (Phi) is 14.3. The number of amides is 2. The number of hydrogen-bond acceptors (Lipinski definition) is 13. The highest BCUT2D eigenvalue weighted by molar-refractivity contribution is 8.01. The van der Waals surface area contributed by atoms with Crippen LogP contribution in [0.15, 0.2) is 42.5 Å². The summed E-state index contributed by atoms with van der Waals surface area (Å²) >= 11 is 7.34. The summed E-state index contributed by atoms with van der Waals surface area (Å²) in [5.74, 6) is -5.50. The average molecular weight is 786 g/mol. The normalized spacial score (nSPS) is 20.8. The van der Waals surface area contributed by atoms with Crippen LogP contribution in [-0.2, 0) is 50.2 Å². The lowest BCUT2D eigenvalue weighted by Crippen LogP contribution is -2.76. The number of benzene rings is 2. The van der Waals surface area contributed by atoms with Gasteiger partial charge in [0.1, 0.15) is 18.0 Å². The molecule has 15 nitrogen and oxygen atoms in total. The lowest BCUT2D eigenvalue weighted by molar-refractivity contribution is -0.216. The summed E-state index contributed by atoms with van der Waals surface area (Å²) in [5, 5.41) is -1.43. The number of nitrogens with zero attached hydrogens (tertiary/aromatic N) is 2. The van der Waals surface area contributed by atoms with Crippen molar-refractivity contribution in [1.29, 1.82) is 0 Å². The first kappa shape index (κ1) is 42.7. The van der Waals surface area contributed by atoms with Gasteiger partial charge in [0.2, 0.25) is 5.91 Å². The number of methoxy groups -OCH3 is 1. The van der Waals surface area contributed by atoms with Crippen molar-refractivity contribution >= 4 is 63.2 Å². The van der Waals surface area contributed by atoms with Crippen molar-refractivity contribution in [3.05, 3.63) is 58.6 Å². The molecule has 18 heteroatoms. The molecule has 2 fully saturated rings. The van der Waals surface area contributed by atoms with Crippen LogP contribution in [0.25, 0.3) is 0 Å². The zero-order valence-electron chi connectivity index (χ0n) is 30.1. The van der Waals surface area contributed by atoms with Gasteiger partial charge in [0.05, 0.1) is 4.75 Å². The zero-order valence-corrected chi connectivity index (χ0v) is 32.5. The van der Waals surface area contributed by atoms with Gasteiger partial charge in [-0.05, 0) is 45.1 Å². The molecule has 2 saturated heterocycles. The molecule has 2 aromatic rings. The van der Waals surface area contributed by atoms with E-state index >= 15 is 0 Å². The molecule has 2 aromatic carbocycles. The summed E-state index contributed by atoms with van der Waals surface area (Å²) in [5.41, 5.74) is -1.74. The standard InChI is InChI=1S/C28H29ClN2O12S2.C6H15N/c1-14(32)42-19-11-17(18(29)12-20(19)43-15(2)33)22(45(37,38)39)23(34)30-21-24(35)31-25(21)44-27(3,4)28(31,40-5)26(36)41-13-16-9-7-6-8-10-16;1-4-7(5-2)6-3/h6-12,21-22,25H,13H2,1-5H3,(H,30,34)(H,37,38,39);4-6H2,1-3H3/t21-,22?,25+,28+;/m0./s1. The van der Waals surface area contributed by atoms with Crippen LogP contribution < -0.4 is 14.8 Å². The fraction of sp³-hybridized carbons (Fsp3) is 0.500. The molecule has 2 aliphatic rings. The summed E-state index contributed by atoms with van der Waals surface area (Å²) in [6.45, 7) is 15.4. The highest BCUT2D eigenvalue weighted by Crippen LogP contribution is 2.57. The van der Waals surface area contributed by atoms with E-state index < -0.39 is 83.3 Å². The molecular formula is C34H44ClN3O12S2. The Bertz CT molecular complexity index is 1770. The molecule has 4 rings (SSSR count). The van der Waals surface area contributed by atoms with Crippen molar-refractivity contribution in [2.75, 3.05) is 26.7 Å². The van der Waals surface area contributed by atoms with Crippen molar-refractivity contribution in [2.45, 2.75) is 82.2 Å². The number of esters is 3. The molecule has 52 heavy (non-hydrogen) atoms. The van der Waals surface area contributed by atoms with Gasteiger partial charge in [-0.2, -0.15) is 8.42 Å². The van der Waals surface area contributed by atoms with Gasteiger partial charge in [-0.1, -0.05) is 62.7 Å². The summed E-state index contributed by atoms with van der Waals surface area (Å²) in [4.78, 5) is 67.1. The number of carbonyl (C=O) groups is 5. The zero-order chi connectivity index (χ0) is 39.2. The van der Waals surface area contributed by atoms with Crippen molar-refractivity contribution in [3.8, 4) is 11.5 Å². The first-order chi connectivity index (χ1) is 24.3. The first-order valence-corrected chi connectivity index (χ1v) is 19.0. The number of fused-ring (bicyclic) bond motifs is 1. The van der Waals surface area contributed by atoms with Crippen LogP contribution >= 0.6 is 23.4 Å². The second-order valence-corrected chi connectivity index (χ2v) is 15.8. The number of halogens is 1. The minimum atomic E-state index is -5.26. The molecule has 4 atom stereocenters. The Morgan fingerprint density at radius 3 is 2.00 bits per heavy atom. The van der Waals surface area contributed by atoms with E-state index in [2.05, 4.69) is 31.0 Å². The number of β-lactam (4-membered cyclic amide) rings is 1. The smallest absolute Gasteiger partial charge is 0.361 e. The van der Waals surface area contributed by atoms with Crippen LogP contribution in [0.2, 0.25) is 5.02 Å². The van der Waals surface area contributed by atoms with E-state index in [1.165, 1.54) is 26.7 Å². The molecule has 2 amide bonds. The van der Waals surface area contributed by atoms with Crippen LogP contribution in [0.5, 0.6) is 11.5 Å². The summed E-state index contributed by atoms with van der Waals surface area (Å²) in [6.07, 6.45) is 0. The second-order valence-electron chi connectivity index (χ2n) is 12.1. The molecule has 0 saturated carbocycles. The third-order valence-electron chi connectivity index (χ3n) is 8.43. The molecule has 0 bridgehead atoms. The molecule has 1 unspecified atom stereocenters. The van der Waals surface area contributed by atoms with E-state index in [4.69, 9.17) is 30.5 Å². The fourth-order valence-corrected chi connectivity index (χ4v) is 8.76. The van der Waals surface area contributed by atoms with Crippen LogP contribution in [0.1, 0.15) is 64.8 Å². The quantitative estimate of drug-likeness (QED) is 0.129. The van der Waals surface area contributed by atoms with E-state index in [9.17, 15) is 36.9 Å². The molecule has 0 radical (unpaired) electrons. The topological polar surface area (TPSA) is 195 Å². The monoisotopic (exact) mass is 785 g/mol. The first-order valence-electron chi connectivity index (χ1n) is 16.3. The van der Waals surface area contributed by atoms with Gasteiger partial charge in [0, 0.05) is 37.6 Å². The molecular weight excluding hydrogens is 742 g/mol. The Morgan fingerprint density at radius 2 is 1.54 bits per heavy atom. The van der Waals surface area contributed by atoms with Gasteiger partial charge in [0.25, 0.3) is 21.8 Å². The van der Waals surface area contributed by atoms with Crippen LogP contribution in [0.3, 0.4) is 0 Å². The van der Waals surface area contributed by atoms with Crippen molar-refractivity contribution in [3.63, 3.8) is 0 Å². The number of rotatable bonds is 13. The number of nitrogens with one attached hydrogen (secondary N) is 1. The average Bonchev–Trinajstić information content (AvgIpc) is 3.29. The Morgan fingerprint density at radius 1 is 1.00 bits per heavy atom. The second kappa shape index (κ2) is 17.4. The van der Waals surface area contributed by atoms with E-state index in [1.54, 1.807) is 44.2 Å². The van der Waals surface area contributed by atoms with Crippen LogP contribution in [-0.4, -0.2) is 101 Å². The van der Waals surface area contributed by atoms with Crippen molar-refractivity contribution in [1.82, 2.24) is 15.1 Å². The van der Waals surface area contributed by atoms with Gasteiger partial charge < -0.3 is 29.2 Å². The summed E-state index contributed by atoms with van der Waals surface area (Å²) in [6, 6.07) is 9.27. The third-order valence-corrected chi connectivity index (χ3v) is 11.4. The Labute approximate surface area is 312 Å². The van der Waals surface area contributed by atoms with Gasteiger partial charge in [-0.15, -0.1) is 11.8 Å². The number of thioether (sulfide) groups is 1. The minimum absolute atomic E-state index is 0.0965. The van der Waals surface area contributed by atoms with E-state index in [0.717, 1.165) is 42.6 Å². The number of ether oxygens (including phenoxy) is 4. The molecule has 0 spiro atoms. The van der Waals surface area contributed by atoms with E-state index in [-0.39, 0.29) is 12.4 Å². The maximum atomic E-state index is 13.5. The lowest BCUT2D eigenvalue weighted by atomic mass is 9.91. The van der Waals surface area contributed by atoms with Gasteiger partial charge >= 0.3 is 17.9 Å². The fourth-order valence-electron chi connectivity index (χ4n) is 5.87. The largest absolute Gasteiger partial charge is 0.457 e. The molecule has 0 aliphatic carbocycles. The number of hydrogen-bond donors (Lipinski definition) is 2. The third kappa shape index (κ3) is 9.06. The highest BCUT2D eigenvalue weighted by Gasteiger charge is 2.74. The Balaban J connectivity index is 0.000000944. The van der Waals surface area contributed by atoms with Crippen molar-refractivity contribution in [2.24, 2.45) is 0 Å². The molecule has 2 heterocycles. The number of carbonyl (C=O) groups excluding carboxylic acids is 5. The Hall–Kier alpha value is -3.74. The highest BCUT2D eigenvalue weighted by atomic mass is 35.5. The van der Waals surface area contributed by atoms with Gasteiger partial charge in [0.15, 0.2) is 16.7 Å². The molecule has 2 aliphatic heterocycles. The van der Waals surface area contributed by atoms with Crippen LogP contribution in [0.4, 0.5) is 0 Å². The minimum Gasteiger partial charge on any atom is -0.457 e. The van der Waals surface area contributed by atoms with Gasteiger partial charge in [-0.25, -0.2) is 4.79 Å². The lowest BCUT2D eigenvalue weighted by Gasteiger charge is -2.49. The molecule has 2 N–H and O–H groups in total. The van der Waals surface area contributed by atoms with E-state index in [0.29, 0.717) is 5.56 Å². The summed E-state index contributed by atoms with van der Waals surface area (Å²) < 4.78 is 55.1. The predicted octanol–water partition coefficient (Wildman–Crippen LogP) is 3.73. The predicted molar refractivity (Wildman–Crippen MR) is 192 cm³/mol. The molecule has 0 aromatic heterocycles. The SMILES string of the molecule is CCN(CC)CC.CO[C@@]1(C(=O)OCc2ccccc2)N2C(=O)[C@H](NC(=O)C(c3cc(OC(C)=O)c(OC(C)=O)cc3Cl)S(=O)(=O)O)[C@H]2SC1(C)C. The maximum absolute atomic E-state index is 13.5.